The van der Waals surface area contributed by atoms with E-state index in [1.165, 1.54) is 0 Å². The van der Waals surface area contributed by atoms with Crippen molar-refractivity contribution in [2.24, 2.45) is 0 Å². The Balaban J connectivity index is 1.88. The number of nitrogens with zero attached hydrogens (tertiary/aromatic N) is 1. The lowest BCUT2D eigenvalue weighted by Crippen LogP contribution is -2.39. The van der Waals surface area contributed by atoms with E-state index < -0.39 is 0 Å². The summed E-state index contributed by atoms with van der Waals surface area (Å²) in [5.74, 6) is 0. The summed E-state index contributed by atoms with van der Waals surface area (Å²) in [4.78, 5) is 29.3. The molecule has 134 valence electrons. The minimum atomic E-state index is -0.187. The molecule has 0 saturated carbocycles. The molecule has 5 heteroatoms. The lowest BCUT2D eigenvalue weighted by Gasteiger charge is -2.27. The molecule has 0 unspecified atom stereocenters. The third-order valence-electron chi connectivity index (χ3n) is 4.36. The Morgan fingerprint density at radius 2 is 1.81 bits per heavy atom. The van der Waals surface area contributed by atoms with Gasteiger partial charge in [0.25, 0.3) is 0 Å². The molecule has 0 saturated heterocycles. The highest BCUT2D eigenvalue weighted by atomic mass is 16.2. The van der Waals surface area contributed by atoms with Crippen molar-refractivity contribution in [2.75, 3.05) is 5.32 Å². The summed E-state index contributed by atoms with van der Waals surface area (Å²) >= 11 is 0. The number of H-pyrrole nitrogens is 1. The normalized spacial score (nSPS) is 10.9. The summed E-state index contributed by atoms with van der Waals surface area (Å²) in [6, 6.07) is 16.7. The van der Waals surface area contributed by atoms with E-state index in [-0.39, 0.29) is 17.6 Å². The number of urea groups is 1. The van der Waals surface area contributed by atoms with Gasteiger partial charge < -0.3 is 15.2 Å². The molecule has 0 bridgehead atoms. The Morgan fingerprint density at radius 1 is 1.12 bits per heavy atom. The summed E-state index contributed by atoms with van der Waals surface area (Å²) in [7, 11) is 0. The molecule has 0 radical (unpaired) electrons. The van der Waals surface area contributed by atoms with Crippen LogP contribution in [0.4, 0.5) is 10.5 Å². The van der Waals surface area contributed by atoms with Gasteiger partial charge in [0.2, 0.25) is 5.56 Å². The van der Waals surface area contributed by atoms with Crippen molar-refractivity contribution in [2.45, 2.75) is 33.4 Å². The van der Waals surface area contributed by atoms with Crippen molar-refractivity contribution in [3.63, 3.8) is 0 Å². The number of pyridine rings is 1. The van der Waals surface area contributed by atoms with E-state index in [0.29, 0.717) is 6.54 Å². The van der Waals surface area contributed by atoms with Crippen molar-refractivity contribution in [1.29, 1.82) is 0 Å². The average molecular weight is 349 g/mol. The number of carbonyl (C=O) groups excluding carboxylic acids is 1. The van der Waals surface area contributed by atoms with Crippen molar-refractivity contribution in [3.8, 4) is 0 Å². The molecule has 26 heavy (non-hydrogen) atoms. The van der Waals surface area contributed by atoms with E-state index in [4.69, 9.17) is 0 Å². The zero-order valence-electron chi connectivity index (χ0n) is 15.2. The van der Waals surface area contributed by atoms with Crippen molar-refractivity contribution < 1.29 is 4.79 Å². The minimum absolute atomic E-state index is 0.0153. The molecule has 5 nitrogen and oxygen atoms in total. The van der Waals surface area contributed by atoms with E-state index >= 15 is 0 Å². The van der Waals surface area contributed by atoms with E-state index in [2.05, 4.69) is 10.3 Å². The monoisotopic (exact) mass is 349 g/mol. The van der Waals surface area contributed by atoms with Crippen molar-refractivity contribution >= 4 is 22.6 Å². The number of benzene rings is 2. The highest BCUT2D eigenvalue weighted by molar-refractivity contribution is 5.90. The molecule has 2 amide bonds. The molecule has 3 rings (SSSR count). The van der Waals surface area contributed by atoms with Gasteiger partial charge in [0.1, 0.15) is 0 Å². The van der Waals surface area contributed by atoms with Gasteiger partial charge in [-0.1, -0.05) is 35.9 Å². The number of hydrogen-bond donors (Lipinski definition) is 2. The van der Waals surface area contributed by atoms with E-state index in [9.17, 15) is 9.59 Å². The van der Waals surface area contributed by atoms with Crippen LogP contribution < -0.4 is 10.9 Å². The smallest absolute Gasteiger partial charge is 0.322 e. The van der Waals surface area contributed by atoms with Crippen LogP contribution in [0.25, 0.3) is 10.9 Å². The molecule has 0 aliphatic rings. The van der Waals surface area contributed by atoms with Gasteiger partial charge in [0, 0.05) is 35.2 Å². The predicted molar refractivity (Wildman–Crippen MR) is 105 cm³/mol. The lowest BCUT2D eigenvalue weighted by atomic mass is 10.1. The number of carbonyl (C=O) groups is 1. The van der Waals surface area contributed by atoms with Crippen LogP contribution in [0.2, 0.25) is 0 Å². The fourth-order valence-corrected chi connectivity index (χ4v) is 2.91. The summed E-state index contributed by atoms with van der Waals surface area (Å²) in [5.41, 5.74) is 3.33. The van der Waals surface area contributed by atoms with Gasteiger partial charge in [-0.15, -0.1) is 0 Å². The second kappa shape index (κ2) is 7.44. The van der Waals surface area contributed by atoms with Crippen LogP contribution in [0.3, 0.4) is 0 Å². The maximum Gasteiger partial charge on any atom is 0.322 e. The van der Waals surface area contributed by atoms with Gasteiger partial charge in [0.15, 0.2) is 0 Å². The Kier molecular flexibility index (Phi) is 5.07. The van der Waals surface area contributed by atoms with E-state index in [1.807, 2.05) is 69.3 Å². The second-order valence-corrected chi connectivity index (χ2v) is 6.72. The van der Waals surface area contributed by atoms with Gasteiger partial charge in [-0.05, 0) is 44.5 Å². The third-order valence-corrected chi connectivity index (χ3v) is 4.36. The van der Waals surface area contributed by atoms with Crippen LogP contribution in [0.5, 0.6) is 0 Å². The number of aromatic amines is 1. The SMILES string of the molecule is Cc1ccc(NC(=O)N(Cc2cc(=O)[nH]c3ccccc23)C(C)C)cc1. The third kappa shape index (κ3) is 3.94. The molecule has 3 aromatic rings. The fraction of sp³-hybridized carbons (Fsp3) is 0.238. The van der Waals surface area contributed by atoms with Gasteiger partial charge in [-0.3, -0.25) is 4.79 Å². The first kappa shape index (κ1) is 17.7. The van der Waals surface area contributed by atoms with Crippen LogP contribution >= 0.6 is 0 Å². The van der Waals surface area contributed by atoms with Gasteiger partial charge in [-0.2, -0.15) is 0 Å². The van der Waals surface area contributed by atoms with E-state index in [1.54, 1.807) is 11.0 Å². The highest BCUT2D eigenvalue weighted by Crippen LogP contribution is 2.19. The number of nitrogens with one attached hydrogen (secondary N) is 2. The molecule has 0 aliphatic carbocycles. The molecular weight excluding hydrogens is 326 g/mol. The van der Waals surface area contributed by atoms with Crippen LogP contribution in [-0.2, 0) is 6.54 Å². The topological polar surface area (TPSA) is 65.2 Å². The van der Waals surface area contributed by atoms with Crippen molar-refractivity contribution in [1.82, 2.24) is 9.88 Å². The zero-order valence-corrected chi connectivity index (χ0v) is 15.2. The second-order valence-electron chi connectivity index (χ2n) is 6.72. The quantitative estimate of drug-likeness (QED) is 0.738. The van der Waals surface area contributed by atoms with Crippen LogP contribution in [0.1, 0.15) is 25.0 Å². The summed E-state index contributed by atoms with van der Waals surface area (Å²) in [6.07, 6.45) is 0. The Labute approximate surface area is 152 Å². The summed E-state index contributed by atoms with van der Waals surface area (Å²) < 4.78 is 0. The number of hydrogen-bond acceptors (Lipinski definition) is 2. The Hall–Kier alpha value is -3.08. The number of anilines is 1. The standard InChI is InChI=1S/C21H23N3O2/c1-14(2)24(21(26)22-17-10-8-15(3)9-11-17)13-16-12-20(25)23-19-7-5-4-6-18(16)19/h4-12,14H,13H2,1-3H3,(H,22,26)(H,23,25). The van der Waals surface area contributed by atoms with Gasteiger partial charge >= 0.3 is 6.03 Å². The first-order chi connectivity index (χ1) is 12.4. The average Bonchev–Trinajstić information content (AvgIpc) is 2.61. The summed E-state index contributed by atoms with van der Waals surface area (Å²) in [6.45, 7) is 6.29. The number of para-hydroxylation sites is 1. The largest absolute Gasteiger partial charge is 0.322 e. The van der Waals surface area contributed by atoms with Crippen molar-refractivity contribution in [3.05, 3.63) is 76.1 Å². The number of amides is 2. The van der Waals surface area contributed by atoms with E-state index in [0.717, 1.165) is 27.7 Å². The lowest BCUT2D eigenvalue weighted by molar-refractivity contribution is 0.194. The number of aromatic nitrogens is 1. The molecular formula is C21H23N3O2. The number of aryl methyl sites for hydroxylation is 1. The minimum Gasteiger partial charge on any atom is -0.322 e. The molecule has 1 heterocycles. The highest BCUT2D eigenvalue weighted by Gasteiger charge is 2.19. The Morgan fingerprint density at radius 3 is 2.50 bits per heavy atom. The fourth-order valence-electron chi connectivity index (χ4n) is 2.91. The first-order valence-electron chi connectivity index (χ1n) is 8.69. The molecule has 0 atom stereocenters. The molecule has 0 spiro atoms. The maximum atomic E-state index is 12.8. The van der Waals surface area contributed by atoms with Gasteiger partial charge in [-0.25, -0.2) is 4.79 Å². The maximum absolute atomic E-state index is 12.8. The molecule has 1 aromatic heterocycles. The molecule has 2 N–H and O–H groups in total. The van der Waals surface area contributed by atoms with Crippen LogP contribution in [-0.4, -0.2) is 22.0 Å². The molecule has 0 aliphatic heterocycles. The van der Waals surface area contributed by atoms with Crippen LogP contribution in [0, 0.1) is 6.92 Å². The van der Waals surface area contributed by atoms with Crippen LogP contribution in [0.15, 0.2) is 59.4 Å². The number of rotatable bonds is 4. The molecule has 2 aromatic carbocycles. The molecule has 0 fully saturated rings. The van der Waals surface area contributed by atoms with Gasteiger partial charge in [0.05, 0.1) is 0 Å². The predicted octanol–water partition coefficient (Wildman–Crippen LogP) is 4.28. The summed E-state index contributed by atoms with van der Waals surface area (Å²) in [5, 5.41) is 3.88. The first-order valence-corrected chi connectivity index (χ1v) is 8.69. The Bertz CT molecular complexity index is 974. The zero-order chi connectivity index (χ0) is 18.7. The number of fused-ring (bicyclic) bond motifs is 1.